The monoisotopic (exact) mass is 277 g/mol. The Bertz CT molecular complexity index is 600. The minimum atomic E-state index is 0.117. The minimum absolute atomic E-state index is 0.117. The summed E-state index contributed by atoms with van der Waals surface area (Å²) in [5, 5.41) is 1.89. The summed E-state index contributed by atoms with van der Waals surface area (Å²) in [5.74, 6) is 0.808. The summed E-state index contributed by atoms with van der Waals surface area (Å²) in [4.78, 5) is 4.68. The third-order valence-electron chi connectivity index (χ3n) is 4.05. The van der Waals surface area contributed by atoms with Crippen LogP contribution in [0.2, 0.25) is 5.02 Å². The summed E-state index contributed by atoms with van der Waals surface area (Å²) in [6.45, 7) is 0. The second-order valence-electron chi connectivity index (χ2n) is 5.60. The molecule has 18 heavy (non-hydrogen) atoms. The normalized spacial score (nSPS) is 32.8. The highest BCUT2D eigenvalue weighted by Crippen LogP contribution is 2.66. The molecule has 0 radical (unpaired) electrons. The van der Waals surface area contributed by atoms with Crippen molar-refractivity contribution in [1.82, 2.24) is 9.36 Å². The number of rotatable bonds is 2. The first-order valence-electron chi connectivity index (χ1n) is 5.98. The van der Waals surface area contributed by atoms with Crippen molar-refractivity contribution in [3.8, 4) is 11.4 Å². The molecular weight excluding hydrogens is 266 g/mol. The fourth-order valence-electron chi connectivity index (χ4n) is 3.25. The van der Waals surface area contributed by atoms with Crippen LogP contribution in [-0.4, -0.2) is 14.9 Å². The molecule has 3 aliphatic carbocycles. The maximum absolute atomic E-state index is 6.09. The summed E-state index contributed by atoms with van der Waals surface area (Å²) < 4.78 is 4.46. The Morgan fingerprint density at radius 1 is 1.17 bits per heavy atom. The molecule has 3 saturated carbocycles. The predicted octanol–water partition coefficient (Wildman–Crippen LogP) is 2.99. The molecule has 3 fully saturated rings. The molecule has 1 heterocycles. The van der Waals surface area contributed by atoms with Gasteiger partial charge < -0.3 is 5.73 Å². The van der Waals surface area contributed by atoms with E-state index in [1.54, 1.807) is 0 Å². The third kappa shape index (κ3) is 1.40. The van der Waals surface area contributed by atoms with Crippen molar-refractivity contribution < 1.29 is 0 Å². The molecule has 0 aliphatic heterocycles. The molecule has 0 unspecified atom stereocenters. The van der Waals surface area contributed by atoms with Crippen LogP contribution in [0.3, 0.4) is 0 Å². The summed E-state index contributed by atoms with van der Waals surface area (Å²) in [7, 11) is 0. The molecule has 0 saturated heterocycles. The van der Waals surface area contributed by atoms with Gasteiger partial charge in [-0.2, -0.15) is 4.37 Å². The van der Waals surface area contributed by atoms with Crippen LogP contribution in [0.1, 0.15) is 24.3 Å². The smallest absolute Gasteiger partial charge is 0.173 e. The molecular formula is C13H12ClN3S. The lowest BCUT2D eigenvalue weighted by atomic mass is 9.40. The molecule has 5 heteroatoms. The molecule has 3 aliphatic rings. The number of benzene rings is 1. The highest BCUT2D eigenvalue weighted by molar-refractivity contribution is 7.05. The third-order valence-corrected chi connectivity index (χ3v) is 5.27. The van der Waals surface area contributed by atoms with E-state index in [9.17, 15) is 0 Å². The van der Waals surface area contributed by atoms with E-state index < -0.39 is 0 Å². The zero-order valence-corrected chi connectivity index (χ0v) is 11.3. The zero-order chi connectivity index (χ0) is 12.4. The molecule has 2 N–H and O–H groups in total. The Kier molecular flexibility index (Phi) is 2.01. The van der Waals surface area contributed by atoms with Crippen molar-refractivity contribution in [2.24, 2.45) is 5.73 Å². The van der Waals surface area contributed by atoms with Gasteiger partial charge in [0.15, 0.2) is 5.82 Å². The van der Waals surface area contributed by atoms with Crippen molar-refractivity contribution >= 4 is 23.1 Å². The molecule has 1 aromatic carbocycles. The fourth-order valence-corrected chi connectivity index (χ4v) is 4.23. The van der Waals surface area contributed by atoms with Gasteiger partial charge in [-0.1, -0.05) is 11.6 Å². The fraction of sp³-hybridized carbons (Fsp3) is 0.385. The van der Waals surface area contributed by atoms with Crippen LogP contribution in [0.4, 0.5) is 0 Å². The van der Waals surface area contributed by atoms with Gasteiger partial charge in [0.2, 0.25) is 0 Å². The number of nitrogens with two attached hydrogens (primary N) is 1. The summed E-state index contributed by atoms with van der Waals surface area (Å²) in [5.41, 5.74) is 7.49. The largest absolute Gasteiger partial charge is 0.325 e. The first kappa shape index (κ1) is 10.9. The Labute approximate surface area is 114 Å². The maximum atomic E-state index is 6.09. The minimum Gasteiger partial charge on any atom is -0.325 e. The van der Waals surface area contributed by atoms with E-state index >= 15 is 0 Å². The number of hydrogen-bond acceptors (Lipinski definition) is 4. The molecule has 0 atom stereocenters. The van der Waals surface area contributed by atoms with Gasteiger partial charge in [0.1, 0.15) is 5.01 Å². The Morgan fingerprint density at radius 3 is 2.44 bits per heavy atom. The lowest BCUT2D eigenvalue weighted by Gasteiger charge is -2.67. The van der Waals surface area contributed by atoms with Crippen LogP contribution in [0, 0.1) is 0 Å². The van der Waals surface area contributed by atoms with Crippen LogP contribution in [-0.2, 0) is 5.41 Å². The van der Waals surface area contributed by atoms with Gasteiger partial charge >= 0.3 is 0 Å². The van der Waals surface area contributed by atoms with Gasteiger partial charge in [-0.25, -0.2) is 4.98 Å². The zero-order valence-electron chi connectivity index (χ0n) is 9.69. The first-order valence-corrected chi connectivity index (χ1v) is 7.13. The Morgan fingerprint density at radius 2 is 1.83 bits per heavy atom. The lowest BCUT2D eigenvalue weighted by molar-refractivity contribution is -0.0590. The van der Waals surface area contributed by atoms with E-state index in [2.05, 4.69) is 9.36 Å². The SMILES string of the molecule is NC12CC(c3nc(-c4ccc(Cl)cc4)ns3)(C1)C2. The van der Waals surface area contributed by atoms with E-state index in [-0.39, 0.29) is 11.0 Å². The van der Waals surface area contributed by atoms with Crippen molar-refractivity contribution in [3.63, 3.8) is 0 Å². The van der Waals surface area contributed by atoms with Crippen molar-refractivity contribution in [2.45, 2.75) is 30.2 Å². The van der Waals surface area contributed by atoms with E-state index in [1.807, 2.05) is 24.3 Å². The quantitative estimate of drug-likeness (QED) is 0.918. The van der Waals surface area contributed by atoms with E-state index in [4.69, 9.17) is 17.3 Å². The highest BCUT2D eigenvalue weighted by atomic mass is 35.5. The predicted molar refractivity (Wildman–Crippen MR) is 72.8 cm³/mol. The average molecular weight is 278 g/mol. The molecule has 1 aromatic heterocycles. The molecule has 0 spiro atoms. The Balaban J connectivity index is 1.65. The van der Waals surface area contributed by atoms with Gasteiger partial charge in [-0.3, -0.25) is 0 Å². The molecule has 0 amide bonds. The Hall–Kier alpha value is -0.970. The molecule has 3 nitrogen and oxygen atoms in total. The van der Waals surface area contributed by atoms with Crippen molar-refractivity contribution in [3.05, 3.63) is 34.3 Å². The molecule has 2 aromatic rings. The van der Waals surface area contributed by atoms with Gasteiger partial charge in [-0.15, -0.1) is 0 Å². The second-order valence-corrected chi connectivity index (χ2v) is 6.79. The molecule has 2 bridgehead atoms. The number of nitrogens with zero attached hydrogens (tertiary/aromatic N) is 2. The van der Waals surface area contributed by atoms with Gasteiger partial charge in [0.25, 0.3) is 0 Å². The van der Waals surface area contributed by atoms with E-state index in [0.717, 1.165) is 40.7 Å². The number of hydrogen-bond donors (Lipinski definition) is 1. The maximum Gasteiger partial charge on any atom is 0.173 e. The van der Waals surface area contributed by atoms with Crippen molar-refractivity contribution in [2.75, 3.05) is 0 Å². The summed E-state index contributed by atoms with van der Waals surface area (Å²) >= 11 is 7.40. The highest BCUT2D eigenvalue weighted by Gasteiger charge is 2.68. The topological polar surface area (TPSA) is 51.8 Å². The van der Waals surface area contributed by atoms with Crippen LogP contribution >= 0.6 is 23.1 Å². The number of aromatic nitrogens is 2. The van der Waals surface area contributed by atoms with Gasteiger partial charge in [0, 0.05) is 21.5 Å². The van der Waals surface area contributed by atoms with Crippen molar-refractivity contribution in [1.29, 1.82) is 0 Å². The van der Waals surface area contributed by atoms with Crippen LogP contribution in [0.25, 0.3) is 11.4 Å². The van der Waals surface area contributed by atoms with Crippen LogP contribution in [0.15, 0.2) is 24.3 Å². The molecule has 92 valence electrons. The average Bonchev–Trinajstić information content (AvgIpc) is 2.74. The number of halogens is 1. The lowest BCUT2D eigenvalue weighted by Crippen LogP contribution is -2.74. The first-order chi connectivity index (χ1) is 8.59. The second kappa shape index (κ2) is 3.32. The molecule has 5 rings (SSSR count). The van der Waals surface area contributed by atoms with Gasteiger partial charge in [-0.05, 0) is 55.1 Å². The van der Waals surface area contributed by atoms with Crippen LogP contribution in [0.5, 0.6) is 0 Å². The van der Waals surface area contributed by atoms with E-state index in [0.29, 0.717) is 0 Å². The van der Waals surface area contributed by atoms with E-state index in [1.165, 1.54) is 11.5 Å². The summed E-state index contributed by atoms with van der Waals surface area (Å²) in [6.07, 6.45) is 3.24. The van der Waals surface area contributed by atoms with Gasteiger partial charge in [0.05, 0.1) is 0 Å². The van der Waals surface area contributed by atoms with Crippen LogP contribution < -0.4 is 5.73 Å². The summed E-state index contributed by atoms with van der Waals surface area (Å²) in [6, 6.07) is 7.65. The standard InChI is InChI=1S/C13H12ClN3S/c14-9-3-1-8(2-4-9)10-16-11(18-17-10)12-5-13(15,6-12)7-12/h1-4H,5-7,15H2.